The number of carbonyl (C=O) groups excluding carboxylic acids is 1. The van der Waals surface area contributed by atoms with Crippen molar-refractivity contribution in [1.29, 1.82) is 0 Å². The van der Waals surface area contributed by atoms with Crippen molar-refractivity contribution in [1.82, 2.24) is 15.1 Å². The van der Waals surface area contributed by atoms with Crippen LogP contribution in [0, 0.1) is 0 Å². The molecule has 1 saturated heterocycles. The minimum Gasteiger partial charge on any atom is -0.468 e. The molecule has 1 aliphatic rings. The van der Waals surface area contributed by atoms with Gasteiger partial charge in [-0.3, -0.25) is 4.79 Å². The molecule has 1 aliphatic heterocycles. The summed E-state index contributed by atoms with van der Waals surface area (Å²) >= 11 is 0. The van der Waals surface area contributed by atoms with E-state index < -0.39 is 5.54 Å². The van der Waals surface area contributed by atoms with Crippen LogP contribution in [0.5, 0.6) is 0 Å². The highest BCUT2D eigenvalue weighted by Crippen LogP contribution is 2.23. The van der Waals surface area contributed by atoms with Gasteiger partial charge in [0.05, 0.1) is 7.11 Å². The first kappa shape index (κ1) is 16.4. The van der Waals surface area contributed by atoms with Gasteiger partial charge in [-0.15, -0.1) is 0 Å². The summed E-state index contributed by atoms with van der Waals surface area (Å²) in [5, 5.41) is 3.46. The Hall–Kier alpha value is -0.650. The molecular weight excluding hydrogens is 242 g/mol. The second-order valence-electron chi connectivity index (χ2n) is 5.33. The topological polar surface area (TPSA) is 44.8 Å². The standard InChI is InChI=1S/C14H29N3O2/c1-5-17(6-2)12-9-15-14(13(18)19-4)7-10-16(3)11-8-14/h15H,5-12H2,1-4H3. The summed E-state index contributed by atoms with van der Waals surface area (Å²) in [5.74, 6) is -0.111. The first-order chi connectivity index (χ1) is 9.07. The lowest BCUT2D eigenvalue weighted by Gasteiger charge is -2.39. The van der Waals surface area contributed by atoms with Gasteiger partial charge >= 0.3 is 5.97 Å². The van der Waals surface area contributed by atoms with E-state index in [0.29, 0.717) is 0 Å². The van der Waals surface area contributed by atoms with Gasteiger partial charge in [-0.1, -0.05) is 13.8 Å². The van der Waals surface area contributed by atoms with Crippen LogP contribution in [0.3, 0.4) is 0 Å². The molecule has 0 atom stereocenters. The fraction of sp³-hybridized carbons (Fsp3) is 0.929. The van der Waals surface area contributed by atoms with Gasteiger partial charge in [0.25, 0.3) is 0 Å². The largest absolute Gasteiger partial charge is 0.468 e. The van der Waals surface area contributed by atoms with Crippen molar-refractivity contribution in [2.75, 3.05) is 53.4 Å². The number of nitrogens with zero attached hydrogens (tertiary/aromatic N) is 2. The zero-order valence-corrected chi connectivity index (χ0v) is 12.9. The number of rotatable bonds is 7. The van der Waals surface area contributed by atoms with E-state index in [1.54, 1.807) is 0 Å². The fourth-order valence-corrected chi connectivity index (χ4v) is 2.64. The third-order valence-corrected chi connectivity index (χ3v) is 4.20. The van der Waals surface area contributed by atoms with Crippen LogP contribution in [-0.2, 0) is 9.53 Å². The molecule has 0 aromatic rings. The predicted octanol–water partition coefficient (Wildman–Crippen LogP) is 0.555. The minimum absolute atomic E-state index is 0.111. The number of methoxy groups -OCH3 is 1. The van der Waals surface area contributed by atoms with E-state index in [9.17, 15) is 4.79 Å². The summed E-state index contributed by atoms with van der Waals surface area (Å²) in [6, 6.07) is 0. The molecule has 0 bridgehead atoms. The van der Waals surface area contributed by atoms with Crippen molar-refractivity contribution in [2.45, 2.75) is 32.2 Å². The average Bonchev–Trinajstić information content (AvgIpc) is 2.45. The molecule has 0 aromatic heterocycles. The second-order valence-corrected chi connectivity index (χ2v) is 5.33. The van der Waals surface area contributed by atoms with Gasteiger partial charge in [0.2, 0.25) is 0 Å². The van der Waals surface area contributed by atoms with Crippen molar-refractivity contribution >= 4 is 5.97 Å². The smallest absolute Gasteiger partial charge is 0.326 e. The van der Waals surface area contributed by atoms with Crippen LogP contribution >= 0.6 is 0 Å². The summed E-state index contributed by atoms with van der Waals surface area (Å²) in [6.45, 7) is 10.1. The summed E-state index contributed by atoms with van der Waals surface area (Å²) < 4.78 is 5.00. The monoisotopic (exact) mass is 271 g/mol. The number of nitrogens with one attached hydrogen (secondary N) is 1. The maximum atomic E-state index is 12.1. The number of piperidine rings is 1. The molecule has 1 rings (SSSR count). The van der Waals surface area contributed by atoms with Gasteiger partial charge < -0.3 is 19.9 Å². The normalized spacial score (nSPS) is 19.6. The highest BCUT2D eigenvalue weighted by atomic mass is 16.5. The highest BCUT2D eigenvalue weighted by molar-refractivity contribution is 5.81. The Morgan fingerprint density at radius 2 is 1.89 bits per heavy atom. The highest BCUT2D eigenvalue weighted by Gasteiger charge is 2.41. The SMILES string of the molecule is CCN(CC)CCNC1(C(=O)OC)CCN(C)CC1. The quantitative estimate of drug-likeness (QED) is 0.685. The Kier molecular flexibility index (Phi) is 6.75. The van der Waals surface area contributed by atoms with Gasteiger partial charge in [0, 0.05) is 26.2 Å². The lowest BCUT2D eigenvalue weighted by molar-refractivity contribution is -0.150. The van der Waals surface area contributed by atoms with Crippen LogP contribution in [-0.4, -0.2) is 74.7 Å². The van der Waals surface area contributed by atoms with E-state index in [1.165, 1.54) is 7.11 Å². The molecule has 1 fully saturated rings. The van der Waals surface area contributed by atoms with Gasteiger partial charge in [-0.25, -0.2) is 0 Å². The lowest BCUT2D eigenvalue weighted by atomic mass is 9.87. The number of likely N-dealkylation sites (tertiary alicyclic amines) is 1. The van der Waals surface area contributed by atoms with Crippen LogP contribution in [0.15, 0.2) is 0 Å². The van der Waals surface area contributed by atoms with E-state index in [2.05, 4.69) is 36.0 Å². The van der Waals surface area contributed by atoms with Crippen LogP contribution in [0.25, 0.3) is 0 Å². The molecule has 0 radical (unpaired) electrons. The second kappa shape index (κ2) is 7.82. The molecule has 0 amide bonds. The minimum atomic E-state index is -0.478. The van der Waals surface area contributed by atoms with E-state index >= 15 is 0 Å². The Balaban J connectivity index is 2.53. The van der Waals surface area contributed by atoms with Gasteiger partial charge in [-0.2, -0.15) is 0 Å². The maximum absolute atomic E-state index is 12.1. The molecule has 0 aliphatic carbocycles. The molecule has 5 heteroatoms. The third-order valence-electron chi connectivity index (χ3n) is 4.20. The average molecular weight is 271 g/mol. The van der Waals surface area contributed by atoms with Crippen LogP contribution in [0.2, 0.25) is 0 Å². The third kappa shape index (κ3) is 4.44. The molecule has 0 aromatic carbocycles. The first-order valence-electron chi connectivity index (χ1n) is 7.32. The van der Waals surface area contributed by atoms with E-state index in [4.69, 9.17) is 4.74 Å². The first-order valence-corrected chi connectivity index (χ1v) is 7.32. The number of hydrogen-bond donors (Lipinski definition) is 1. The van der Waals surface area contributed by atoms with Crippen LogP contribution in [0.4, 0.5) is 0 Å². The predicted molar refractivity (Wildman–Crippen MR) is 77.3 cm³/mol. The molecule has 5 nitrogen and oxygen atoms in total. The summed E-state index contributed by atoms with van der Waals surface area (Å²) in [5.41, 5.74) is -0.478. The van der Waals surface area contributed by atoms with Crippen molar-refractivity contribution in [3.63, 3.8) is 0 Å². The van der Waals surface area contributed by atoms with Crippen molar-refractivity contribution in [2.24, 2.45) is 0 Å². The molecule has 0 spiro atoms. The number of hydrogen-bond acceptors (Lipinski definition) is 5. The Morgan fingerprint density at radius 3 is 2.37 bits per heavy atom. The maximum Gasteiger partial charge on any atom is 0.326 e. The molecular formula is C14H29N3O2. The fourth-order valence-electron chi connectivity index (χ4n) is 2.64. The molecule has 1 N–H and O–H groups in total. The van der Waals surface area contributed by atoms with Crippen LogP contribution in [0.1, 0.15) is 26.7 Å². The van der Waals surface area contributed by atoms with E-state index in [1.807, 2.05) is 0 Å². The zero-order valence-electron chi connectivity index (χ0n) is 12.9. The summed E-state index contributed by atoms with van der Waals surface area (Å²) in [7, 11) is 3.57. The van der Waals surface area contributed by atoms with Crippen molar-refractivity contribution in [3.05, 3.63) is 0 Å². The molecule has 19 heavy (non-hydrogen) atoms. The van der Waals surface area contributed by atoms with Gasteiger partial charge in [0.1, 0.15) is 5.54 Å². The molecule has 0 unspecified atom stereocenters. The van der Waals surface area contributed by atoms with Gasteiger partial charge in [0.15, 0.2) is 0 Å². The summed E-state index contributed by atoms with van der Waals surface area (Å²) in [4.78, 5) is 16.7. The number of likely N-dealkylation sites (N-methyl/N-ethyl adjacent to an activating group) is 1. The van der Waals surface area contributed by atoms with Gasteiger partial charge in [-0.05, 0) is 33.0 Å². The lowest BCUT2D eigenvalue weighted by Crippen LogP contribution is -2.59. The van der Waals surface area contributed by atoms with Crippen molar-refractivity contribution in [3.8, 4) is 0 Å². The molecule has 0 saturated carbocycles. The van der Waals surface area contributed by atoms with E-state index in [-0.39, 0.29) is 5.97 Å². The molecule has 112 valence electrons. The van der Waals surface area contributed by atoms with E-state index in [0.717, 1.165) is 52.1 Å². The van der Waals surface area contributed by atoms with Crippen LogP contribution < -0.4 is 5.32 Å². The summed E-state index contributed by atoms with van der Waals surface area (Å²) in [6.07, 6.45) is 1.66. The Bertz CT molecular complexity index is 272. The molecule has 1 heterocycles. The Labute approximate surface area is 117 Å². The number of ether oxygens (including phenoxy) is 1. The Morgan fingerprint density at radius 1 is 1.32 bits per heavy atom. The number of esters is 1. The zero-order chi connectivity index (χ0) is 14.3. The number of carbonyl (C=O) groups is 1. The van der Waals surface area contributed by atoms with Crippen molar-refractivity contribution < 1.29 is 9.53 Å².